The highest BCUT2D eigenvalue weighted by molar-refractivity contribution is 7.99. The molecule has 19 heavy (non-hydrogen) atoms. The number of benzene rings is 2. The summed E-state index contributed by atoms with van der Waals surface area (Å²) in [5, 5.41) is 9.71. The van der Waals surface area contributed by atoms with Gasteiger partial charge in [0, 0.05) is 10.5 Å². The number of aliphatic hydroxyl groups is 1. The second kappa shape index (κ2) is 6.08. The van der Waals surface area contributed by atoms with E-state index in [-0.39, 0.29) is 0 Å². The predicted molar refractivity (Wildman–Crippen MR) is 74.2 cm³/mol. The molecule has 1 N–H and O–H groups in total. The average Bonchev–Trinajstić information content (AvgIpc) is 2.39. The Morgan fingerprint density at radius 3 is 2.47 bits per heavy atom. The second-order valence-electron chi connectivity index (χ2n) is 4.08. The highest BCUT2D eigenvalue weighted by atomic mass is 32.2. The van der Waals surface area contributed by atoms with Gasteiger partial charge in [-0.15, -0.1) is 0 Å². The zero-order valence-corrected chi connectivity index (χ0v) is 11.6. The second-order valence-corrected chi connectivity index (χ2v) is 5.16. The highest BCUT2D eigenvalue weighted by Crippen LogP contribution is 2.38. The summed E-state index contributed by atoms with van der Waals surface area (Å²) in [7, 11) is 1.60. The van der Waals surface area contributed by atoms with Gasteiger partial charge in [-0.3, -0.25) is 0 Å². The van der Waals surface area contributed by atoms with Gasteiger partial charge < -0.3 is 9.84 Å². The van der Waals surface area contributed by atoms with E-state index in [0.717, 1.165) is 10.6 Å². The molecule has 0 fully saturated rings. The smallest absolute Gasteiger partial charge is 0.132 e. The van der Waals surface area contributed by atoms with E-state index in [0.29, 0.717) is 10.5 Å². The largest absolute Gasteiger partial charge is 0.496 e. The molecule has 1 atom stereocenters. The summed E-state index contributed by atoms with van der Waals surface area (Å²) in [6, 6.07) is 12.3. The van der Waals surface area contributed by atoms with E-state index in [1.54, 1.807) is 26.2 Å². The van der Waals surface area contributed by atoms with Crippen molar-refractivity contribution in [3.63, 3.8) is 0 Å². The molecule has 2 nitrogen and oxygen atoms in total. The van der Waals surface area contributed by atoms with Crippen molar-refractivity contribution < 1.29 is 14.2 Å². The zero-order chi connectivity index (χ0) is 13.8. The van der Waals surface area contributed by atoms with E-state index in [1.807, 2.05) is 24.3 Å². The fraction of sp³-hybridized carbons (Fsp3) is 0.200. The van der Waals surface area contributed by atoms with Gasteiger partial charge in [0.15, 0.2) is 0 Å². The van der Waals surface area contributed by atoms with Crippen LogP contribution in [0.3, 0.4) is 0 Å². The average molecular weight is 278 g/mol. The van der Waals surface area contributed by atoms with Crippen LogP contribution in [0.2, 0.25) is 0 Å². The summed E-state index contributed by atoms with van der Waals surface area (Å²) in [6.45, 7) is 1.56. The molecule has 0 aliphatic carbocycles. The van der Waals surface area contributed by atoms with E-state index < -0.39 is 11.9 Å². The molecular formula is C15H15FO2S. The van der Waals surface area contributed by atoms with Gasteiger partial charge in [-0.1, -0.05) is 30.0 Å². The molecule has 0 aliphatic heterocycles. The summed E-state index contributed by atoms with van der Waals surface area (Å²) in [5.41, 5.74) is 0.318. The van der Waals surface area contributed by atoms with Crippen LogP contribution in [0.15, 0.2) is 52.3 Å². The lowest BCUT2D eigenvalue weighted by Crippen LogP contribution is -1.98. The van der Waals surface area contributed by atoms with Crippen molar-refractivity contribution in [1.29, 1.82) is 0 Å². The molecule has 0 saturated carbocycles. The van der Waals surface area contributed by atoms with Gasteiger partial charge in [0.25, 0.3) is 0 Å². The molecule has 0 saturated heterocycles. The maximum absolute atomic E-state index is 13.8. The Kier molecular flexibility index (Phi) is 4.45. The number of aliphatic hydroxyl groups excluding tert-OH is 1. The van der Waals surface area contributed by atoms with Gasteiger partial charge in [0.05, 0.1) is 18.1 Å². The van der Waals surface area contributed by atoms with Crippen LogP contribution < -0.4 is 4.74 Å². The molecule has 0 aliphatic rings. The minimum Gasteiger partial charge on any atom is -0.496 e. The highest BCUT2D eigenvalue weighted by Gasteiger charge is 2.15. The van der Waals surface area contributed by atoms with Crippen molar-refractivity contribution in [1.82, 2.24) is 0 Å². The number of methoxy groups -OCH3 is 1. The number of halogens is 1. The minimum atomic E-state index is -0.849. The maximum atomic E-state index is 13.8. The van der Waals surface area contributed by atoms with Crippen molar-refractivity contribution in [3.8, 4) is 5.75 Å². The molecule has 100 valence electrons. The number of hydrogen-bond acceptors (Lipinski definition) is 3. The van der Waals surface area contributed by atoms with Gasteiger partial charge in [-0.25, -0.2) is 4.39 Å². The van der Waals surface area contributed by atoms with Crippen molar-refractivity contribution in [2.45, 2.75) is 22.8 Å². The summed E-state index contributed by atoms with van der Waals surface area (Å²) in [4.78, 5) is 1.58. The van der Waals surface area contributed by atoms with Crippen LogP contribution in [0.25, 0.3) is 0 Å². The molecule has 2 aromatic carbocycles. The molecular weight excluding hydrogens is 263 g/mol. The lowest BCUT2D eigenvalue weighted by atomic mass is 10.1. The van der Waals surface area contributed by atoms with Crippen LogP contribution in [0.4, 0.5) is 4.39 Å². The number of para-hydroxylation sites is 1. The Bertz CT molecular complexity index is 570. The first-order valence-corrected chi connectivity index (χ1v) is 6.72. The fourth-order valence-corrected chi connectivity index (χ4v) is 2.99. The Morgan fingerprint density at radius 2 is 1.79 bits per heavy atom. The van der Waals surface area contributed by atoms with Gasteiger partial charge in [-0.2, -0.15) is 0 Å². The molecule has 0 heterocycles. The normalized spacial score (nSPS) is 12.2. The van der Waals surface area contributed by atoms with Gasteiger partial charge in [0.2, 0.25) is 0 Å². The molecule has 0 spiro atoms. The van der Waals surface area contributed by atoms with Crippen LogP contribution in [0.5, 0.6) is 5.75 Å². The Hall–Kier alpha value is -1.52. The number of rotatable bonds is 4. The fourth-order valence-electron chi connectivity index (χ4n) is 1.83. The molecule has 0 unspecified atom stereocenters. The van der Waals surface area contributed by atoms with Crippen molar-refractivity contribution in [3.05, 3.63) is 53.8 Å². The van der Waals surface area contributed by atoms with Crippen LogP contribution >= 0.6 is 11.8 Å². The summed E-state index contributed by atoms with van der Waals surface area (Å²) in [5.74, 6) is 0.336. The molecule has 0 bridgehead atoms. The Labute approximate surface area is 116 Å². The monoisotopic (exact) mass is 278 g/mol. The van der Waals surface area contributed by atoms with E-state index in [2.05, 4.69) is 0 Å². The quantitative estimate of drug-likeness (QED) is 0.915. The topological polar surface area (TPSA) is 29.5 Å². The summed E-state index contributed by atoms with van der Waals surface area (Å²) in [6.07, 6.45) is -0.849. The van der Waals surface area contributed by atoms with Gasteiger partial charge in [0.1, 0.15) is 11.6 Å². The van der Waals surface area contributed by atoms with E-state index in [4.69, 9.17) is 4.74 Å². The molecule has 0 amide bonds. The van der Waals surface area contributed by atoms with E-state index in [1.165, 1.54) is 17.8 Å². The third kappa shape index (κ3) is 3.08. The number of ether oxygens (including phenoxy) is 1. The van der Waals surface area contributed by atoms with Crippen LogP contribution in [0.1, 0.15) is 18.6 Å². The van der Waals surface area contributed by atoms with Crippen LogP contribution in [-0.2, 0) is 0 Å². The first kappa shape index (κ1) is 13.9. The molecule has 2 rings (SSSR count). The van der Waals surface area contributed by atoms with Crippen molar-refractivity contribution in [2.75, 3.05) is 7.11 Å². The van der Waals surface area contributed by atoms with Crippen LogP contribution in [0, 0.1) is 5.82 Å². The molecule has 0 aromatic heterocycles. The minimum absolute atomic E-state index is 0.318. The third-order valence-electron chi connectivity index (χ3n) is 2.72. The first-order valence-electron chi connectivity index (χ1n) is 5.91. The number of hydrogen-bond donors (Lipinski definition) is 1. The Balaban J connectivity index is 2.41. The van der Waals surface area contributed by atoms with Gasteiger partial charge in [-0.05, 0) is 31.2 Å². The third-order valence-corrected chi connectivity index (χ3v) is 3.85. The lowest BCUT2D eigenvalue weighted by Gasteiger charge is -2.14. The molecule has 4 heteroatoms. The standard InChI is InChI=1S/C15H15FO2S/c1-10(17)15-11(16)6-5-9-14(15)19-13-8-4-3-7-12(13)18-2/h3-10,17H,1-2H3/t10-/m0/s1. The van der Waals surface area contributed by atoms with Crippen LogP contribution in [-0.4, -0.2) is 12.2 Å². The summed E-state index contributed by atoms with van der Waals surface area (Å²) >= 11 is 1.38. The zero-order valence-electron chi connectivity index (χ0n) is 10.8. The predicted octanol–water partition coefficient (Wildman–Crippen LogP) is 4.04. The van der Waals surface area contributed by atoms with E-state index in [9.17, 15) is 9.50 Å². The SMILES string of the molecule is COc1ccccc1Sc1cccc(F)c1[C@H](C)O. The van der Waals surface area contributed by atoms with Crippen molar-refractivity contribution in [2.24, 2.45) is 0 Å². The lowest BCUT2D eigenvalue weighted by molar-refractivity contribution is 0.191. The Morgan fingerprint density at radius 1 is 1.11 bits per heavy atom. The van der Waals surface area contributed by atoms with Gasteiger partial charge >= 0.3 is 0 Å². The summed E-state index contributed by atoms with van der Waals surface area (Å²) < 4.78 is 19.1. The maximum Gasteiger partial charge on any atom is 0.132 e. The molecule has 0 radical (unpaired) electrons. The van der Waals surface area contributed by atoms with E-state index >= 15 is 0 Å². The van der Waals surface area contributed by atoms with Crippen molar-refractivity contribution >= 4 is 11.8 Å². The first-order chi connectivity index (χ1) is 9.13. The molecule has 2 aromatic rings.